The molecular formula is C27H20NO6S+. The van der Waals surface area contributed by atoms with Gasteiger partial charge in [-0.3, -0.25) is 10.1 Å². The van der Waals surface area contributed by atoms with Crippen LogP contribution < -0.4 is 4.74 Å². The lowest BCUT2D eigenvalue weighted by molar-refractivity contribution is -0.384. The Balaban J connectivity index is 1.46. The minimum absolute atomic E-state index is 0.119. The number of ether oxygens (including phenoxy) is 2. The van der Waals surface area contributed by atoms with Crippen LogP contribution in [-0.4, -0.2) is 23.5 Å². The molecule has 7 nitrogen and oxygen atoms in total. The SMILES string of the molecule is O=C(COC(=O)c1cccc([S+](c2ccccc2)c2ccccc2)c1)Oc1ccc([N+](=O)[O-])cc1. The molecule has 0 N–H and O–H groups in total. The first-order valence-corrected chi connectivity index (χ1v) is 11.8. The number of hydrogen-bond donors (Lipinski definition) is 0. The van der Waals surface area contributed by atoms with Gasteiger partial charge in [0.15, 0.2) is 21.3 Å². The van der Waals surface area contributed by atoms with E-state index in [1.54, 1.807) is 18.2 Å². The zero-order valence-electron chi connectivity index (χ0n) is 18.4. The van der Waals surface area contributed by atoms with Gasteiger partial charge in [0.1, 0.15) is 5.75 Å². The van der Waals surface area contributed by atoms with Crippen molar-refractivity contribution in [2.75, 3.05) is 6.61 Å². The summed E-state index contributed by atoms with van der Waals surface area (Å²) in [4.78, 5) is 38.1. The molecule has 4 rings (SSSR count). The highest BCUT2D eigenvalue weighted by molar-refractivity contribution is 7.97. The molecule has 0 aliphatic carbocycles. The molecule has 0 fully saturated rings. The summed E-state index contributed by atoms with van der Waals surface area (Å²) in [5.41, 5.74) is 0.191. The van der Waals surface area contributed by atoms with Gasteiger partial charge in [0.25, 0.3) is 5.69 Å². The second-order valence-electron chi connectivity index (χ2n) is 7.26. The van der Waals surface area contributed by atoms with E-state index in [0.717, 1.165) is 14.7 Å². The third kappa shape index (κ3) is 6.13. The van der Waals surface area contributed by atoms with Gasteiger partial charge in [0.05, 0.1) is 21.4 Å². The maximum atomic E-state index is 12.7. The molecule has 0 saturated carbocycles. The Labute approximate surface area is 204 Å². The summed E-state index contributed by atoms with van der Waals surface area (Å²) in [7, 11) is -0.433. The second kappa shape index (κ2) is 11.1. The van der Waals surface area contributed by atoms with Gasteiger partial charge >= 0.3 is 11.9 Å². The first-order chi connectivity index (χ1) is 17.0. The van der Waals surface area contributed by atoms with Gasteiger partial charge in [-0.25, -0.2) is 9.59 Å². The Morgan fingerprint density at radius 2 is 1.31 bits per heavy atom. The molecule has 0 radical (unpaired) electrons. The van der Waals surface area contributed by atoms with Crippen LogP contribution in [0.15, 0.2) is 124 Å². The number of nitro benzene ring substituents is 1. The lowest BCUT2D eigenvalue weighted by Gasteiger charge is -2.09. The Morgan fingerprint density at radius 1 is 0.743 bits per heavy atom. The standard InChI is InChI=1S/C27H20NO6S/c29-26(34-22-16-14-21(15-17-22)28(31)32)19-33-27(30)20-8-7-13-25(18-20)35(23-9-3-1-4-10-23)24-11-5-2-6-12-24/h1-18H,19H2/q+1. The van der Waals surface area contributed by atoms with Gasteiger partial charge < -0.3 is 9.47 Å². The third-order valence-electron chi connectivity index (χ3n) is 4.86. The summed E-state index contributed by atoms with van der Waals surface area (Å²) in [5, 5.41) is 10.7. The number of carbonyl (C=O) groups is 2. The molecule has 0 bridgehead atoms. The van der Waals surface area contributed by atoms with Gasteiger partial charge in [-0.05, 0) is 48.5 Å². The Morgan fingerprint density at radius 3 is 1.89 bits per heavy atom. The summed E-state index contributed by atoms with van der Waals surface area (Å²) in [6.07, 6.45) is 0. The van der Waals surface area contributed by atoms with E-state index in [9.17, 15) is 19.7 Å². The molecule has 35 heavy (non-hydrogen) atoms. The molecule has 4 aromatic rings. The van der Waals surface area contributed by atoms with Crippen LogP contribution in [0, 0.1) is 10.1 Å². The van der Waals surface area contributed by atoms with Gasteiger partial charge in [-0.15, -0.1) is 0 Å². The van der Waals surface area contributed by atoms with Crippen molar-refractivity contribution in [3.8, 4) is 5.75 Å². The average molecular weight is 487 g/mol. The Hall–Kier alpha value is -4.43. The van der Waals surface area contributed by atoms with Crippen LogP contribution in [0.2, 0.25) is 0 Å². The molecule has 0 spiro atoms. The largest absolute Gasteiger partial charge is 0.450 e. The van der Waals surface area contributed by atoms with Crippen molar-refractivity contribution in [3.05, 3.63) is 125 Å². The lowest BCUT2D eigenvalue weighted by atomic mass is 10.2. The lowest BCUT2D eigenvalue weighted by Crippen LogP contribution is -2.19. The molecule has 0 saturated heterocycles. The Kier molecular flexibility index (Phi) is 7.54. The van der Waals surface area contributed by atoms with Crippen LogP contribution >= 0.6 is 0 Å². The number of rotatable bonds is 8. The maximum absolute atomic E-state index is 12.7. The Bertz CT molecular complexity index is 1290. The fraction of sp³-hybridized carbons (Fsp3) is 0.0370. The number of nitrogens with zero attached hydrogens (tertiary/aromatic N) is 1. The van der Waals surface area contributed by atoms with E-state index >= 15 is 0 Å². The highest BCUT2D eigenvalue weighted by atomic mass is 32.2. The molecule has 4 aromatic carbocycles. The van der Waals surface area contributed by atoms with E-state index < -0.39 is 34.4 Å². The van der Waals surface area contributed by atoms with Crippen molar-refractivity contribution in [2.24, 2.45) is 0 Å². The zero-order valence-corrected chi connectivity index (χ0v) is 19.2. The summed E-state index contributed by atoms with van der Waals surface area (Å²) >= 11 is 0. The van der Waals surface area contributed by atoms with Crippen molar-refractivity contribution in [3.63, 3.8) is 0 Å². The molecule has 0 aliphatic heterocycles. The van der Waals surface area contributed by atoms with E-state index in [1.165, 1.54) is 24.3 Å². The first-order valence-electron chi connectivity index (χ1n) is 10.6. The average Bonchev–Trinajstić information content (AvgIpc) is 2.89. The van der Waals surface area contributed by atoms with Gasteiger partial charge in [-0.2, -0.15) is 0 Å². The fourth-order valence-corrected chi connectivity index (χ4v) is 5.41. The molecule has 0 aliphatic rings. The predicted octanol–water partition coefficient (Wildman–Crippen LogP) is 5.45. The normalized spacial score (nSPS) is 10.5. The quantitative estimate of drug-likeness (QED) is 0.108. The number of esters is 2. The number of carbonyl (C=O) groups excluding carboxylic acids is 2. The van der Waals surface area contributed by atoms with E-state index in [4.69, 9.17) is 9.47 Å². The van der Waals surface area contributed by atoms with Gasteiger partial charge in [0.2, 0.25) is 0 Å². The van der Waals surface area contributed by atoms with Crippen LogP contribution in [-0.2, 0) is 20.4 Å². The summed E-state index contributed by atoms with van der Waals surface area (Å²) < 4.78 is 10.2. The molecule has 0 heterocycles. The van der Waals surface area contributed by atoms with Crippen molar-refractivity contribution in [1.82, 2.24) is 0 Å². The second-order valence-corrected chi connectivity index (χ2v) is 9.29. The molecule has 0 unspecified atom stereocenters. The van der Waals surface area contributed by atoms with E-state index in [-0.39, 0.29) is 11.4 Å². The van der Waals surface area contributed by atoms with Gasteiger partial charge in [-0.1, -0.05) is 42.5 Å². The van der Waals surface area contributed by atoms with Crippen molar-refractivity contribution >= 4 is 28.5 Å². The fourth-order valence-electron chi connectivity index (χ4n) is 3.28. The first kappa shape index (κ1) is 23.7. The highest BCUT2D eigenvalue weighted by Crippen LogP contribution is 2.31. The van der Waals surface area contributed by atoms with Crippen molar-refractivity contribution in [2.45, 2.75) is 14.7 Å². The molecule has 174 valence electrons. The predicted molar refractivity (Wildman–Crippen MR) is 131 cm³/mol. The molecule has 0 aromatic heterocycles. The summed E-state index contributed by atoms with van der Waals surface area (Å²) in [6, 6.07) is 32.2. The molecule has 0 atom stereocenters. The number of hydrogen-bond acceptors (Lipinski definition) is 6. The minimum atomic E-state index is -0.795. The maximum Gasteiger partial charge on any atom is 0.349 e. The monoisotopic (exact) mass is 486 g/mol. The topological polar surface area (TPSA) is 95.7 Å². The van der Waals surface area contributed by atoms with Crippen molar-refractivity contribution < 1.29 is 24.0 Å². The van der Waals surface area contributed by atoms with Crippen LogP contribution in [0.4, 0.5) is 5.69 Å². The number of benzene rings is 4. The molecule has 8 heteroatoms. The summed E-state index contributed by atoms with van der Waals surface area (Å²) in [5.74, 6) is -1.33. The van der Waals surface area contributed by atoms with E-state index in [2.05, 4.69) is 24.3 Å². The minimum Gasteiger partial charge on any atom is -0.450 e. The van der Waals surface area contributed by atoms with Crippen LogP contribution in [0.5, 0.6) is 5.75 Å². The van der Waals surface area contributed by atoms with Crippen LogP contribution in [0.3, 0.4) is 0 Å². The number of non-ortho nitro benzene ring substituents is 1. The molecular weight excluding hydrogens is 466 g/mol. The van der Waals surface area contributed by atoms with Crippen molar-refractivity contribution in [1.29, 1.82) is 0 Å². The van der Waals surface area contributed by atoms with E-state index in [1.807, 2.05) is 42.5 Å². The van der Waals surface area contributed by atoms with Crippen LogP contribution in [0.25, 0.3) is 0 Å². The molecule has 0 amide bonds. The number of nitro groups is 1. The smallest absolute Gasteiger partial charge is 0.349 e. The van der Waals surface area contributed by atoms with Gasteiger partial charge in [0, 0.05) is 18.2 Å². The highest BCUT2D eigenvalue weighted by Gasteiger charge is 2.29. The van der Waals surface area contributed by atoms with E-state index in [0.29, 0.717) is 5.56 Å². The van der Waals surface area contributed by atoms with Crippen LogP contribution in [0.1, 0.15) is 10.4 Å². The summed E-state index contributed by atoms with van der Waals surface area (Å²) in [6.45, 7) is -0.594. The zero-order chi connectivity index (χ0) is 24.6. The third-order valence-corrected chi connectivity index (χ3v) is 7.08.